The van der Waals surface area contributed by atoms with Crippen molar-refractivity contribution in [2.75, 3.05) is 24.5 Å². The van der Waals surface area contributed by atoms with Gasteiger partial charge in [-0.05, 0) is 69.5 Å². The molecule has 1 aromatic heterocycles. The fraction of sp³-hybridized carbons (Fsp3) is 0.630. The highest BCUT2D eigenvalue weighted by Crippen LogP contribution is 2.37. The fourth-order valence-electron chi connectivity index (χ4n) is 6.13. The molecule has 3 N–H and O–H groups in total. The Hall–Kier alpha value is -2.34. The first-order valence-electron chi connectivity index (χ1n) is 13.2. The number of nitrogens with zero attached hydrogens (tertiary/aromatic N) is 2. The number of nitrogens with one attached hydrogen (secondary N) is 3. The standard InChI is InChI=1S/C27H39N5O/c33-27(31-23-7-2-1-3-8-23)30-16-5-15-29-22-10-12-24(13-11-22)32-17-14-21-19-28-18-20-6-4-9-25(32)26(20)21/h4,6,9,18-19,22-24,29H,1-3,5,7-8,10-17H2,(H2,30,31,33). The largest absolute Gasteiger partial charge is 0.368 e. The van der Waals surface area contributed by atoms with Crippen LogP contribution in [0.1, 0.15) is 69.8 Å². The number of hydrogen-bond acceptors (Lipinski definition) is 4. The third-order valence-corrected chi connectivity index (χ3v) is 7.92. The predicted octanol–water partition coefficient (Wildman–Crippen LogP) is 4.52. The van der Waals surface area contributed by atoms with Gasteiger partial charge < -0.3 is 20.9 Å². The van der Waals surface area contributed by atoms with Crippen LogP contribution in [0.15, 0.2) is 30.6 Å². The molecule has 33 heavy (non-hydrogen) atoms. The SMILES string of the molecule is O=C(NCCCNC1CCC(N2CCc3cncc4cccc2c34)CC1)NC1CCCCC1. The van der Waals surface area contributed by atoms with Crippen molar-refractivity contribution in [3.8, 4) is 0 Å². The number of carbonyl (C=O) groups is 1. The number of hydrogen-bond donors (Lipinski definition) is 3. The molecule has 2 aliphatic carbocycles. The smallest absolute Gasteiger partial charge is 0.315 e. The van der Waals surface area contributed by atoms with Gasteiger partial charge in [-0.3, -0.25) is 4.98 Å². The van der Waals surface area contributed by atoms with E-state index in [0.29, 0.717) is 18.1 Å². The molecule has 0 spiro atoms. The van der Waals surface area contributed by atoms with E-state index in [1.165, 1.54) is 67.0 Å². The molecule has 0 unspecified atom stereocenters. The predicted molar refractivity (Wildman–Crippen MR) is 135 cm³/mol. The molecule has 2 fully saturated rings. The molecule has 178 valence electrons. The van der Waals surface area contributed by atoms with Crippen molar-refractivity contribution in [1.29, 1.82) is 0 Å². The van der Waals surface area contributed by atoms with Crippen LogP contribution >= 0.6 is 0 Å². The first kappa shape index (κ1) is 22.5. The zero-order valence-electron chi connectivity index (χ0n) is 19.8. The van der Waals surface area contributed by atoms with Crippen LogP contribution in [0.2, 0.25) is 0 Å². The van der Waals surface area contributed by atoms with Gasteiger partial charge >= 0.3 is 6.03 Å². The lowest BCUT2D eigenvalue weighted by Gasteiger charge is -2.41. The van der Waals surface area contributed by atoms with Crippen molar-refractivity contribution in [2.24, 2.45) is 0 Å². The van der Waals surface area contributed by atoms with Crippen molar-refractivity contribution in [3.05, 3.63) is 36.2 Å². The summed E-state index contributed by atoms with van der Waals surface area (Å²) in [5.41, 5.74) is 2.81. The minimum Gasteiger partial charge on any atom is -0.368 e. The summed E-state index contributed by atoms with van der Waals surface area (Å²) in [5.74, 6) is 0. The maximum Gasteiger partial charge on any atom is 0.315 e. The van der Waals surface area contributed by atoms with Gasteiger partial charge in [0.1, 0.15) is 0 Å². The lowest BCUT2D eigenvalue weighted by Crippen LogP contribution is -2.45. The summed E-state index contributed by atoms with van der Waals surface area (Å²) >= 11 is 0. The Labute approximate surface area is 197 Å². The molecule has 6 nitrogen and oxygen atoms in total. The first-order chi connectivity index (χ1) is 16.3. The van der Waals surface area contributed by atoms with Crippen LogP contribution in [0, 0.1) is 0 Å². The maximum atomic E-state index is 12.1. The number of aromatic nitrogens is 1. The van der Waals surface area contributed by atoms with Gasteiger partial charge in [0.15, 0.2) is 0 Å². The topological polar surface area (TPSA) is 69.3 Å². The summed E-state index contributed by atoms with van der Waals surface area (Å²) < 4.78 is 0. The van der Waals surface area contributed by atoms with E-state index in [0.717, 1.165) is 45.3 Å². The van der Waals surface area contributed by atoms with Gasteiger partial charge in [-0.25, -0.2) is 4.79 Å². The minimum atomic E-state index is 0.0105. The minimum absolute atomic E-state index is 0.0105. The number of rotatable bonds is 7. The average molecular weight is 450 g/mol. The van der Waals surface area contributed by atoms with E-state index in [4.69, 9.17) is 0 Å². The number of pyridine rings is 1. The van der Waals surface area contributed by atoms with Crippen LogP contribution < -0.4 is 20.9 Å². The summed E-state index contributed by atoms with van der Waals surface area (Å²) in [6.07, 6.45) is 17.2. The number of anilines is 1. The highest BCUT2D eigenvalue weighted by atomic mass is 16.2. The first-order valence-corrected chi connectivity index (χ1v) is 13.2. The highest BCUT2D eigenvalue weighted by Gasteiger charge is 2.29. The second kappa shape index (κ2) is 10.7. The van der Waals surface area contributed by atoms with Gasteiger partial charge in [-0.15, -0.1) is 0 Å². The summed E-state index contributed by atoms with van der Waals surface area (Å²) in [4.78, 5) is 19.2. The lowest BCUT2D eigenvalue weighted by molar-refractivity contribution is 0.232. The summed E-state index contributed by atoms with van der Waals surface area (Å²) in [6.45, 7) is 2.82. The molecule has 0 atom stereocenters. The van der Waals surface area contributed by atoms with Crippen molar-refractivity contribution in [2.45, 2.75) is 88.8 Å². The third kappa shape index (κ3) is 5.43. The molecule has 2 saturated carbocycles. The van der Waals surface area contributed by atoms with Crippen LogP contribution in [0.4, 0.5) is 10.5 Å². The molecule has 0 radical (unpaired) electrons. The van der Waals surface area contributed by atoms with Crippen molar-refractivity contribution in [3.63, 3.8) is 0 Å². The number of carbonyl (C=O) groups excluding carboxylic acids is 1. The highest BCUT2D eigenvalue weighted by molar-refractivity contribution is 5.97. The molecule has 0 saturated heterocycles. The molecular formula is C27H39N5O. The molecular weight excluding hydrogens is 410 g/mol. The van der Waals surface area contributed by atoms with Crippen LogP contribution in [0.3, 0.4) is 0 Å². The molecule has 3 aliphatic rings. The number of urea groups is 1. The van der Waals surface area contributed by atoms with Crippen molar-refractivity contribution in [1.82, 2.24) is 20.9 Å². The second-order valence-electron chi connectivity index (χ2n) is 10.2. The van der Waals surface area contributed by atoms with E-state index in [2.05, 4.69) is 50.2 Å². The Bertz CT molecular complexity index is 928. The van der Waals surface area contributed by atoms with E-state index >= 15 is 0 Å². The van der Waals surface area contributed by atoms with Gasteiger partial charge in [0.25, 0.3) is 0 Å². The van der Waals surface area contributed by atoms with Gasteiger partial charge in [-0.1, -0.05) is 31.4 Å². The molecule has 6 heteroatoms. The number of amides is 2. The Balaban J connectivity index is 1.02. The number of benzene rings is 1. The molecule has 2 amide bonds. The van der Waals surface area contributed by atoms with E-state index < -0.39 is 0 Å². The summed E-state index contributed by atoms with van der Waals surface area (Å²) in [5, 5.41) is 12.6. The van der Waals surface area contributed by atoms with E-state index in [9.17, 15) is 4.79 Å². The zero-order chi connectivity index (χ0) is 22.5. The van der Waals surface area contributed by atoms with Crippen LogP contribution in [-0.2, 0) is 6.42 Å². The zero-order valence-corrected chi connectivity index (χ0v) is 19.8. The van der Waals surface area contributed by atoms with E-state index in [1.54, 1.807) is 0 Å². The molecule has 1 aliphatic heterocycles. The maximum absolute atomic E-state index is 12.1. The van der Waals surface area contributed by atoms with Gasteiger partial charge in [0, 0.05) is 60.1 Å². The normalized spacial score (nSPS) is 23.5. The fourth-order valence-corrected chi connectivity index (χ4v) is 6.13. The Kier molecular flexibility index (Phi) is 7.30. The monoisotopic (exact) mass is 449 g/mol. The quantitative estimate of drug-likeness (QED) is 0.544. The molecule has 2 heterocycles. The Morgan fingerprint density at radius 2 is 1.82 bits per heavy atom. The lowest BCUT2D eigenvalue weighted by atomic mass is 9.88. The van der Waals surface area contributed by atoms with Gasteiger partial charge in [0.2, 0.25) is 0 Å². The van der Waals surface area contributed by atoms with Crippen LogP contribution in [0.5, 0.6) is 0 Å². The third-order valence-electron chi connectivity index (χ3n) is 7.92. The van der Waals surface area contributed by atoms with Gasteiger partial charge in [0.05, 0.1) is 0 Å². The molecule has 5 rings (SSSR count). The molecule has 1 aromatic carbocycles. The van der Waals surface area contributed by atoms with Crippen LogP contribution in [-0.4, -0.2) is 48.8 Å². The van der Waals surface area contributed by atoms with Crippen LogP contribution in [0.25, 0.3) is 10.8 Å². The van der Waals surface area contributed by atoms with E-state index in [-0.39, 0.29) is 6.03 Å². The molecule has 0 bridgehead atoms. The van der Waals surface area contributed by atoms with Gasteiger partial charge in [-0.2, -0.15) is 0 Å². The van der Waals surface area contributed by atoms with Crippen molar-refractivity contribution >= 4 is 22.5 Å². The average Bonchev–Trinajstić information content (AvgIpc) is 2.86. The van der Waals surface area contributed by atoms with Crippen molar-refractivity contribution < 1.29 is 4.79 Å². The van der Waals surface area contributed by atoms with E-state index in [1.807, 2.05) is 6.20 Å². The molecule has 2 aromatic rings. The Morgan fingerprint density at radius 3 is 2.67 bits per heavy atom. The second-order valence-corrected chi connectivity index (χ2v) is 10.2. The summed E-state index contributed by atoms with van der Waals surface area (Å²) in [6, 6.07) is 8.30. The Morgan fingerprint density at radius 1 is 0.970 bits per heavy atom. The summed E-state index contributed by atoms with van der Waals surface area (Å²) in [7, 11) is 0.